The van der Waals surface area contributed by atoms with E-state index in [9.17, 15) is 9.59 Å². The fraction of sp³-hybridized carbons (Fsp3) is 0.818. The highest BCUT2D eigenvalue weighted by Crippen LogP contribution is 2.05. The predicted octanol–water partition coefficient (Wildman–Crippen LogP) is 0.370. The van der Waals surface area contributed by atoms with Crippen molar-refractivity contribution in [3.05, 3.63) is 0 Å². The van der Waals surface area contributed by atoms with Crippen LogP contribution < -0.4 is 5.32 Å². The molecule has 1 aliphatic heterocycles. The van der Waals surface area contributed by atoms with Gasteiger partial charge in [0.2, 0.25) is 0 Å². The smallest absolute Gasteiger partial charge is 0.325 e. The number of amides is 2. The van der Waals surface area contributed by atoms with Gasteiger partial charge in [0.05, 0.1) is 12.7 Å². The molecular formula is C11H20N2O4. The van der Waals surface area contributed by atoms with Crippen LogP contribution in [0.3, 0.4) is 0 Å². The highest BCUT2D eigenvalue weighted by atomic mass is 16.5. The van der Waals surface area contributed by atoms with Crippen LogP contribution in [-0.2, 0) is 14.3 Å². The fourth-order valence-corrected chi connectivity index (χ4v) is 1.65. The van der Waals surface area contributed by atoms with Gasteiger partial charge in [0.1, 0.15) is 6.54 Å². The summed E-state index contributed by atoms with van der Waals surface area (Å²) >= 11 is 0. The largest absolute Gasteiger partial charge is 0.465 e. The van der Waals surface area contributed by atoms with Crippen LogP contribution in [0.1, 0.15) is 20.3 Å². The number of carbonyl (C=O) groups is 2. The second-order valence-corrected chi connectivity index (χ2v) is 3.94. The monoisotopic (exact) mass is 244 g/mol. The summed E-state index contributed by atoms with van der Waals surface area (Å²) in [6.45, 7) is 5.77. The maximum absolute atomic E-state index is 11.8. The Bertz CT molecular complexity index is 270. The standard InChI is InChI=1S/C11H20N2O4/c1-3-16-10(14)7-12-11(15)13-5-4-6-17-9(2)8-13/h9H,3-8H2,1-2H3,(H,12,15). The highest BCUT2D eigenvalue weighted by Gasteiger charge is 2.20. The molecule has 2 amide bonds. The minimum absolute atomic E-state index is 0.0332. The van der Waals surface area contributed by atoms with Crippen LogP contribution in [0.15, 0.2) is 0 Å². The lowest BCUT2D eigenvalue weighted by atomic mass is 10.3. The van der Waals surface area contributed by atoms with Crippen molar-refractivity contribution in [1.29, 1.82) is 0 Å². The first kappa shape index (κ1) is 13.8. The number of ether oxygens (including phenoxy) is 2. The van der Waals surface area contributed by atoms with E-state index in [0.717, 1.165) is 6.42 Å². The minimum atomic E-state index is -0.417. The van der Waals surface area contributed by atoms with E-state index in [4.69, 9.17) is 9.47 Å². The molecule has 1 rings (SSSR count). The van der Waals surface area contributed by atoms with E-state index in [2.05, 4.69) is 5.32 Å². The van der Waals surface area contributed by atoms with Crippen LogP contribution >= 0.6 is 0 Å². The van der Waals surface area contributed by atoms with Gasteiger partial charge < -0.3 is 19.7 Å². The lowest BCUT2D eigenvalue weighted by Crippen LogP contribution is -2.44. The number of urea groups is 1. The minimum Gasteiger partial charge on any atom is -0.465 e. The first-order chi connectivity index (χ1) is 8.13. The van der Waals surface area contributed by atoms with Crippen molar-refractivity contribution in [3.8, 4) is 0 Å². The molecule has 1 unspecified atom stereocenters. The Balaban J connectivity index is 2.33. The molecule has 0 saturated carbocycles. The molecule has 0 bridgehead atoms. The lowest BCUT2D eigenvalue weighted by Gasteiger charge is -2.22. The second kappa shape index (κ2) is 7.11. The van der Waals surface area contributed by atoms with Gasteiger partial charge in [-0.2, -0.15) is 0 Å². The summed E-state index contributed by atoms with van der Waals surface area (Å²) in [4.78, 5) is 24.5. The van der Waals surface area contributed by atoms with Gasteiger partial charge in [-0.25, -0.2) is 4.79 Å². The Morgan fingerprint density at radius 2 is 2.29 bits per heavy atom. The van der Waals surface area contributed by atoms with Gasteiger partial charge in [-0.3, -0.25) is 4.79 Å². The molecule has 1 heterocycles. The van der Waals surface area contributed by atoms with Gasteiger partial charge >= 0.3 is 12.0 Å². The normalized spacial score (nSPS) is 20.6. The third kappa shape index (κ3) is 5.04. The van der Waals surface area contributed by atoms with Gasteiger partial charge in [-0.15, -0.1) is 0 Å². The number of carbonyl (C=O) groups excluding carboxylic acids is 2. The summed E-state index contributed by atoms with van der Waals surface area (Å²) < 4.78 is 10.2. The molecule has 0 spiro atoms. The van der Waals surface area contributed by atoms with E-state index >= 15 is 0 Å². The number of hydrogen-bond acceptors (Lipinski definition) is 4. The number of hydrogen-bond donors (Lipinski definition) is 1. The first-order valence-electron chi connectivity index (χ1n) is 5.93. The molecule has 6 heteroatoms. The third-order valence-corrected chi connectivity index (χ3v) is 2.43. The predicted molar refractivity (Wildman–Crippen MR) is 61.6 cm³/mol. The van der Waals surface area contributed by atoms with E-state index in [1.54, 1.807) is 11.8 Å². The van der Waals surface area contributed by atoms with Crippen molar-refractivity contribution in [3.63, 3.8) is 0 Å². The highest BCUT2D eigenvalue weighted by molar-refractivity contribution is 5.80. The molecule has 1 aliphatic rings. The van der Waals surface area contributed by atoms with Gasteiger partial charge in [-0.05, 0) is 20.3 Å². The van der Waals surface area contributed by atoms with E-state index in [1.165, 1.54) is 0 Å². The summed E-state index contributed by atoms with van der Waals surface area (Å²) in [6, 6.07) is -0.240. The summed E-state index contributed by atoms with van der Waals surface area (Å²) in [5.41, 5.74) is 0. The number of nitrogens with zero attached hydrogens (tertiary/aromatic N) is 1. The fourth-order valence-electron chi connectivity index (χ4n) is 1.65. The van der Waals surface area contributed by atoms with Crippen molar-refractivity contribution in [2.24, 2.45) is 0 Å². The first-order valence-corrected chi connectivity index (χ1v) is 5.93. The molecule has 0 aromatic heterocycles. The molecule has 0 aromatic carbocycles. The summed E-state index contributed by atoms with van der Waals surface area (Å²) in [5.74, 6) is -0.417. The van der Waals surface area contributed by atoms with E-state index in [1.807, 2.05) is 6.92 Å². The van der Waals surface area contributed by atoms with Crippen molar-refractivity contribution in [2.45, 2.75) is 26.4 Å². The number of nitrogens with one attached hydrogen (secondary N) is 1. The van der Waals surface area contributed by atoms with Crippen molar-refractivity contribution < 1.29 is 19.1 Å². The van der Waals surface area contributed by atoms with E-state index < -0.39 is 5.97 Å². The Morgan fingerprint density at radius 3 is 3.00 bits per heavy atom. The molecular weight excluding hydrogens is 224 g/mol. The summed E-state index contributed by atoms with van der Waals surface area (Å²) in [7, 11) is 0. The molecule has 1 atom stereocenters. The average Bonchev–Trinajstić information content (AvgIpc) is 2.51. The van der Waals surface area contributed by atoms with Crippen LogP contribution in [0.2, 0.25) is 0 Å². The van der Waals surface area contributed by atoms with Crippen molar-refractivity contribution >= 4 is 12.0 Å². The zero-order valence-electron chi connectivity index (χ0n) is 10.4. The molecule has 0 aromatic rings. The Hall–Kier alpha value is -1.30. The van der Waals surface area contributed by atoms with Crippen LogP contribution in [0.5, 0.6) is 0 Å². The van der Waals surface area contributed by atoms with Crippen molar-refractivity contribution in [2.75, 3.05) is 32.8 Å². The van der Waals surface area contributed by atoms with Crippen LogP contribution in [0.4, 0.5) is 4.79 Å². The second-order valence-electron chi connectivity index (χ2n) is 3.94. The molecule has 6 nitrogen and oxygen atoms in total. The van der Waals surface area contributed by atoms with Gasteiger partial charge in [-0.1, -0.05) is 0 Å². The lowest BCUT2D eigenvalue weighted by molar-refractivity contribution is -0.141. The molecule has 0 radical (unpaired) electrons. The average molecular weight is 244 g/mol. The topological polar surface area (TPSA) is 67.9 Å². The Morgan fingerprint density at radius 1 is 1.53 bits per heavy atom. The zero-order chi connectivity index (χ0) is 12.7. The van der Waals surface area contributed by atoms with E-state index in [0.29, 0.717) is 26.3 Å². The summed E-state index contributed by atoms with van der Waals surface area (Å²) in [5, 5.41) is 2.54. The maximum atomic E-state index is 11.8. The molecule has 17 heavy (non-hydrogen) atoms. The van der Waals surface area contributed by atoms with Gasteiger partial charge in [0, 0.05) is 19.7 Å². The van der Waals surface area contributed by atoms with Gasteiger partial charge in [0.25, 0.3) is 0 Å². The molecule has 0 aliphatic carbocycles. The molecule has 1 N–H and O–H groups in total. The zero-order valence-corrected chi connectivity index (χ0v) is 10.4. The molecule has 98 valence electrons. The Labute approximate surface area is 101 Å². The van der Waals surface area contributed by atoms with E-state index in [-0.39, 0.29) is 18.7 Å². The molecule has 1 saturated heterocycles. The van der Waals surface area contributed by atoms with Crippen molar-refractivity contribution in [1.82, 2.24) is 10.2 Å². The quantitative estimate of drug-likeness (QED) is 0.728. The maximum Gasteiger partial charge on any atom is 0.325 e. The Kier molecular flexibility index (Phi) is 5.76. The third-order valence-electron chi connectivity index (χ3n) is 2.43. The summed E-state index contributed by atoms with van der Waals surface area (Å²) in [6.07, 6.45) is 0.850. The number of rotatable bonds is 3. The van der Waals surface area contributed by atoms with Crippen LogP contribution in [-0.4, -0.2) is 55.9 Å². The SMILES string of the molecule is CCOC(=O)CNC(=O)N1CCCOC(C)C1. The molecule has 1 fully saturated rings. The van der Waals surface area contributed by atoms with Crippen LogP contribution in [0.25, 0.3) is 0 Å². The van der Waals surface area contributed by atoms with Crippen LogP contribution in [0, 0.1) is 0 Å². The number of esters is 1. The van der Waals surface area contributed by atoms with Gasteiger partial charge in [0.15, 0.2) is 0 Å².